The molecule has 0 aliphatic heterocycles. The van der Waals surface area contributed by atoms with Gasteiger partial charge in [-0.2, -0.15) is 9.40 Å². The van der Waals surface area contributed by atoms with Crippen LogP contribution >= 0.6 is 0 Å². The van der Waals surface area contributed by atoms with Crippen molar-refractivity contribution in [1.29, 1.82) is 0 Å². The number of aromatic hydroxyl groups is 2. The number of hydrogen-bond acceptors (Lipinski definition) is 7. The van der Waals surface area contributed by atoms with Crippen molar-refractivity contribution in [2.24, 2.45) is 0 Å². The highest BCUT2D eigenvalue weighted by Crippen LogP contribution is 2.37. The van der Waals surface area contributed by atoms with Gasteiger partial charge in [0.05, 0.1) is 11.3 Å². The molecule has 1 heterocycles. The lowest BCUT2D eigenvalue weighted by Crippen LogP contribution is -2.26. The number of nitrogens with one attached hydrogen (secondary N) is 2. The van der Waals surface area contributed by atoms with Crippen LogP contribution < -0.4 is 11.0 Å². The number of hydrogen-bond donors (Lipinski definition) is 4. The van der Waals surface area contributed by atoms with E-state index in [0.29, 0.717) is 17.8 Å². The Morgan fingerprint density at radius 3 is 2.47 bits per heavy atom. The van der Waals surface area contributed by atoms with E-state index in [-0.39, 0.29) is 17.9 Å². The quantitative estimate of drug-likeness (QED) is 0.283. The number of sulfonamides is 1. The standard InChI is InChI=1S/C24H24FN5O5S/c1-26-13-16-5-3-4-6-19(16)30-23(27-28-24(30)33)18-11-22(21(32)12-20(18)31)36(34,35)29(2)14-15-7-9-17(25)10-8-15/h3-12,26,31-32H,13-14H2,1-2H3,(H,28,33). The second kappa shape index (κ2) is 9.93. The van der Waals surface area contributed by atoms with Gasteiger partial charge in [0.1, 0.15) is 22.2 Å². The highest BCUT2D eigenvalue weighted by molar-refractivity contribution is 7.89. The smallest absolute Gasteiger partial charge is 0.348 e. The fourth-order valence-corrected chi connectivity index (χ4v) is 5.06. The van der Waals surface area contributed by atoms with Gasteiger partial charge in [-0.25, -0.2) is 27.3 Å². The minimum absolute atomic E-state index is 0.0429. The van der Waals surface area contributed by atoms with Crippen LogP contribution in [0.4, 0.5) is 4.39 Å². The van der Waals surface area contributed by atoms with Crippen LogP contribution in [0.1, 0.15) is 11.1 Å². The summed E-state index contributed by atoms with van der Waals surface area (Å²) in [7, 11) is -1.21. The van der Waals surface area contributed by atoms with E-state index in [0.717, 1.165) is 22.0 Å². The third-order valence-electron chi connectivity index (χ3n) is 5.60. The maximum Gasteiger partial charge on any atom is 0.348 e. The van der Waals surface area contributed by atoms with Crippen LogP contribution in [0, 0.1) is 5.82 Å². The summed E-state index contributed by atoms with van der Waals surface area (Å²) in [5.41, 5.74) is 1.09. The fourth-order valence-electron chi connectivity index (χ4n) is 3.81. The summed E-state index contributed by atoms with van der Waals surface area (Å²) < 4.78 is 42.1. The minimum atomic E-state index is -4.27. The van der Waals surface area contributed by atoms with Crippen molar-refractivity contribution in [3.05, 3.63) is 88.1 Å². The number of H-pyrrole nitrogens is 1. The van der Waals surface area contributed by atoms with Crippen molar-refractivity contribution in [2.75, 3.05) is 14.1 Å². The van der Waals surface area contributed by atoms with Gasteiger partial charge in [0.25, 0.3) is 0 Å². The maximum absolute atomic E-state index is 13.3. The summed E-state index contributed by atoms with van der Waals surface area (Å²) in [6, 6.07) is 14.3. The van der Waals surface area contributed by atoms with Crippen LogP contribution in [0.2, 0.25) is 0 Å². The summed E-state index contributed by atoms with van der Waals surface area (Å²) in [5.74, 6) is -1.65. The average Bonchev–Trinajstić information content (AvgIpc) is 3.21. The molecule has 4 aromatic rings. The first-order valence-electron chi connectivity index (χ1n) is 10.8. The van der Waals surface area contributed by atoms with E-state index in [1.165, 1.54) is 35.9 Å². The Morgan fingerprint density at radius 2 is 1.78 bits per heavy atom. The van der Waals surface area contributed by atoms with E-state index in [4.69, 9.17) is 0 Å². The molecule has 0 aliphatic carbocycles. The Labute approximate surface area is 206 Å². The molecule has 0 saturated carbocycles. The van der Waals surface area contributed by atoms with E-state index in [2.05, 4.69) is 15.5 Å². The lowest BCUT2D eigenvalue weighted by atomic mass is 10.1. The predicted octanol–water partition coefficient (Wildman–Crippen LogP) is 2.32. The van der Waals surface area contributed by atoms with Gasteiger partial charge in [-0.15, -0.1) is 0 Å². The Hall–Kier alpha value is -4.00. The number of aromatic amines is 1. The van der Waals surface area contributed by atoms with Crippen molar-refractivity contribution in [3.8, 4) is 28.6 Å². The number of aromatic nitrogens is 3. The first-order valence-corrected chi connectivity index (χ1v) is 12.2. The number of para-hydroxylation sites is 1. The third kappa shape index (κ3) is 4.73. The zero-order chi connectivity index (χ0) is 26.0. The molecule has 0 spiro atoms. The molecule has 4 N–H and O–H groups in total. The molecule has 0 amide bonds. The van der Waals surface area contributed by atoms with Crippen molar-refractivity contribution < 1.29 is 23.0 Å². The first kappa shape index (κ1) is 25.1. The number of benzene rings is 3. The third-order valence-corrected chi connectivity index (χ3v) is 7.43. The molecule has 0 fully saturated rings. The van der Waals surface area contributed by atoms with E-state index in [1.807, 2.05) is 6.07 Å². The Kier molecular flexibility index (Phi) is 6.93. The number of nitrogens with zero attached hydrogens (tertiary/aromatic N) is 3. The highest BCUT2D eigenvalue weighted by Gasteiger charge is 2.28. The van der Waals surface area contributed by atoms with Crippen LogP contribution in [0.5, 0.6) is 11.5 Å². The van der Waals surface area contributed by atoms with E-state index in [9.17, 15) is 27.8 Å². The molecule has 0 saturated heterocycles. The van der Waals surface area contributed by atoms with Crippen molar-refractivity contribution >= 4 is 10.0 Å². The molecule has 0 radical (unpaired) electrons. The van der Waals surface area contributed by atoms with E-state index < -0.39 is 37.9 Å². The predicted molar refractivity (Wildman–Crippen MR) is 131 cm³/mol. The van der Waals surface area contributed by atoms with Crippen molar-refractivity contribution in [3.63, 3.8) is 0 Å². The summed E-state index contributed by atoms with van der Waals surface area (Å²) in [5, 5.41) is 30.4. The van der Waals surface area contributed by atoms with E-state index >= 15 is 0 Å². The van der Waals surface area contributed by atoms with Gasteiger partial charge in [-0.1, -0.05) is 30.3 Å². The molecule has 0 bridgehead atoms. The van der Waals surface area contributed by atoms with Crippen LogP contribution in [0.15, 0.2) is 70.4 Å². The number of phenols is 2. The zero-order valence-electron chi connectivity index (χ0n) is 19.4. The molecule has 36 heavy (non-hydrogen) atoms. The Balaban J connectivity index is 1.81. The van der Waals surface area contributed by atoms with Gasteiger partial charge in [0, 0.05) is 26.2 Å². The SMILES string of the molecule is CNCc1ccccc1-n1c(-c2cc(S(=O)(=O)N(C)Cc3ccc(F)cc3)c(O)cc2O)n[nH]c1=O. The maximum atomic E-state index is 13.3. The molecule has 10 nitrogen and oxygen atoms in total. The van der Waals surface area contributed by atoms with Gasteiger partial charge < -0.3 is 15.5 Å². The molecular weight excluding hydrogens is 489 g/mol. The van der Waals surface area contributed by atoms with Gasteiger partial charge in [-0.05, 0) is 42.4 Å². The lowest BCUT2D eigenvalue weighted by molar-refractivity contribution is 0.430. The van der Waals surface area contributed by atoms with Crippen LogP contribution in [-0.2, 0) is 23.1 Å². The summed E-state index contributed by atoms with van der Waals surface area (Å²) in [6.07, 6.45) is 0. The summed E-state index contributed by atoms with van der Waals surface area (Å²) >= 11 is 0. The topological polar surface area (TPSA) is 141 Å². The monoisotopic (exact) mass is 513 g/mol. The second-order valence-electron chi connectivity index (χ2n) is 8.07. The number of halogens is 1. The van der Waals surface area contributed by atoms with Gasteiger partial charge in [0.2, 0.25) is 10.0 Å². The molecule has 3 aromatic carbocycles. The Morgan fingerprint density at radius 1 is 1.08 bits per heavy atom. The summed E-state index contributed by atoms with van der Waals surface area (Å²) in [6.45, 7) is 0.339. The summed E-state index contributed by atoms with van der Waals surface area (Å²) in [4.78, 5) is 12.2. The largest absolute Gasteiger partial charge is 0.507 e. The number of phenolic OH excluding ortho intramolecular Hbond substituents is 2. The fraction of sp³-hybridized carbons (Fsp3) is 0.167. The van der Waals surface area contributed by atoms with Gasteiger partial charge in [0.15, 0.2) is 5.82 Å². The minimum Gasteiger partial charge on any atom is -0.507 e. The Bertz CT molecular complexity index is 1560. The van der Waals surface area contributed by atoms with Gasteiger partial charge in [-0.3, -0.25) is 0 Å². The molecule has 1 aromatic heterocycles. The normalized spacial score (nSPS) is 11.8. The zero-order valence-corrected chi connectivity index (χ0v) is 20.3. The highest BCUT2D eigenvalue weighted by atomic mass is 32.2. The van der Waals surface area contributed by atoms with Crippen LogP contribution in [0.25, 0.3) is 17.1 Å². The molecule has 188 valence electrons. The van der Waals surface area contributed by atoms with Crippen molar-refractivity contribution in [1.82, 2.24) is 24.4 Å². The molecular formula is C24H24FN5O5S. The van der Waals surface area contributed by atoms with E-state index in [1.54, 1.807) is 25.2 Å². The average molecular weight is 514 g/mol. The molecule has 0 atom stereocenters. The number of rotatable bonds is 8. The van der Waals surface area contributed by atoms with Crippen LogP contribution in [0.3, 0.4) is 0 Å². The molecule has 12 heteroatoms. The molecule has 0 aliphatic rings. The second-order valence-corrected chi connectivity index (χ2v) is 10.1. The molecule has 0 unspecified atom stereocenters. The first-order chi connectivity index (χ1) is 17.1. The van der Waals surface area contributed by atoms with Crippen LogP contribution in [-0.4, -0.2) is 51.8 Å². The lowest BCUT2D eigenvalue weighted by Gasteiger charge is -2.19. The van der Waals surface area contributed by atoms with Crippen molar-refractivity contribution in [2.45, 2.75) is 18.0 Å². The molecule has 4 rings (SSSR count). The van der Waals surface area contributed by atoms with Gasteiger partial charge >= 0.3 is 5.69 Å².